The van der Waals surface area contributed by atoms with Crippen molar-refractivity contribution in [1.29, 1.82) is 0 Å². The van der Waals surface area contributed by atoms with Crippen LogP contribution in [0.4, 0.5) is 0 Å². The van der Waals surface area contributed by atoms with Crippen LogP contribution in [0.1, 0.15) is 36.2 Å². The van der Waals surface area contributed by atoms with Crippen molar-refractivity contribution in [3.63, 3.8) is 0 Å². The molecule has 0 radical (unpaired) electrons. The van der Waals surface area contributed by atoms with E-state index in [1.165, 1.54) is 12.8 Å². The van der Waals surface area contributed by atoms with Crippen molar-refractivity contribution in [2.24, 2.45) is 11.7 Å². The van der Waals surface area contributed by atoms with E-state index in [1.54, 1.807) is 6.07 Å². The van der Waals surface area contributed by atoms with Gasteiger partial charge in [-0.25, -0.2) is 4.98 Å². The molecular weight excluding hydrogens is 262 g/mol. The van der Waals surface area contributed by atoms with Crippen molar-refractivity contribution in [3.05, 3.63) is 42.1 Å². The predicted octanol–water partition coefficient (Wildman–Crippen LogP) is 2.48. The van der Waals surface area contributed by atoms with Crippen molar-refractivity contribution in [2.45, 2.75) is 31.7 Å². The SMILES string of the molecule is NCC(NC(=O)c1ccc2ccccc2n1)C1CCCC1. The Kier molecular flexibility index (Phi) is 4.15. The number of benzene rings is 1. The van der Waals surface area contributed by atoms with Crippen molar-refractivity contribution in [3.8, 4) is 0 Å². The second-order valence-electron chi connectivity index (χ2n) is 5.75. The van der Waals surface area contributed by atoms with Gasteiger partial charge in [-0.15, -0.1) is 0 Å². The lowest BCUT2D eigenvalue weighted by Gasteiger charge is -2.22. The van der Waals surface area contributed by atoms with Crippen LogP contribution in [-0.4, -0.2) is 23.5 Å². The topological polar surface area (TPSA) is 68.0 Å². The molecule has 1 atom stereocenters. The number of rotatable bonds is 4. The average Bonchev–Trinajstić information content (AvgIpc) is 3.06. The number of nitrogens with two attached hydrogens (primary N) is 1. The molecule has 1 aliphatic rings. The van der Waals surface area contributed by atoms with E-state index in [0.717, 1.165) is 23.7 Å². The van der Waals surface area contributed by atoms with E-state index in [2.05, 4.69) is 10.3 Å². The highest BCUT2D eigenvalue weighted by atomic mass is 16.1. The van der Waals surface area contributed by atoms with E-state index < -0.39 is 0 Å². The van der Waals surface area contributed by atoms with Gasteiger partial charge in [0, 0.05) is 18.0 Å². The molecule has 3 rings (SSSR count). The molecule has 1 aromatic heterocycles. The minimum absolute atomic E-state index is 0.0632. The molecule has 0 saturated heterocycles. The largest absolute Gasteiger partial charge is 0.346 e. The zero-order valence-corrected chi connectivity index (χ0v) is 12.1. The molecule has 21 heavy (non-hydrogen) atoms. The first-order valence-corrected chi connectivity index (χ1v) is 7.64. The second-order valence-corrected chi connectivity index (χ2v) is 5.75. The predicted molar refractivity (Wildman–Crippen MR) is 84.0 cm³/mol. The Labute approximate surface area is 124 Å². The Morgan fingerprint density at radius 1 is 1.24 bits per heavy atom. The first kappa shape index (κ1) is 14.0. The van der Waals surface area contributed by atoms with Crippen molar-refractivity contribution in [1.82, 2.24) is 10.3 Å². The molecule has 4 nitrogen and oxygen atoms in total. The zero-order valence-electron chi connectivity index (χ0n) is 12.1. The highest BCUT2D eigenvalue weighted by Crippen LogP contribution is 2.27. The van der Waals surface area contributed by atoms with Gasteiger partial charge in [0.05, 0.1) is 5.52 Å². The third kappa shape index (κ3) is 3.05. The molecule has 110 valence electrons. The molecule has 4 heteroatoms. The number of carbonyl (C=O) groups is 1. The average molecular weight is 283 g/mol. The van der Waals surface area contributed by atoms with Gasteiger partial charge < -0.3 is 11.1 Å². The Morgan fingerprint density at radius 2 is 2.00 bits per heavy atom. The molecule has 1 saturated carbocycles. The number of nitrogens with zero attached hydrogens (tertiary/aromatic N) is 1. The van der Waals surface area contributed by atoms with Gasteiger partial charge in [0.15, 0.2) is 0 Å². The molecule has 3 N–H and O–H groups in total. The summed E-state index contributed by atoms with van der Waals surface area (Å²) in [4.78, 5) is 16.8. The van der Waals surface area contributed by atoms with Crippen LogP contribution in [0.3, 0.4) is 0 Å². The first-order chi connectivity index (χ1) is 10.3. The molecule has 2 aromatic rings. The third-order valence-electron chi connectivity index (χ3n) is 4.37. The highest BCUT2D eigenvalue weighted by Gasteiger charge is 2.25. The summed E-state index contributed by atoms with van der Waals surface area (Å²) >= 11 is 0. The molecule has 1 unspecified atom stereocenters. The normalized spacial score (nSPS) is 17.0. The monoisotopic (exact) mass is 283 g/mol. The maximum Gasteiger partial charge on any atom is 0.270 e. The van der Waals surface area contributed by atoms with Gasteiger partial charge in [0.2, 0.25) is 0 Å². The fourth-order valence-electron chi connectivity index (χ4n) is 3.16. The van der Waals surface area contributed by atoms with Crippen molar-refractivity contribution >= 4 is 16.8 Å². The Balaban J connectivity index is 1.76. The third-order valence-corrected chi connectivity index (χ3v) is 4.37. The number of nitrogens with one attached hydrogen (secondary N) is 1. The molecule has 1 amide bonds. The van der Waals surface area contributed by atoms with E-state index in [4.69, 9.17) is 5.73 Å². The van der Waals surface area contributed by atoms with Gasteiger partial charge >= 0.3 is 0 Å². The van der Waals surface area contributed by atoms with Crippen LogP contribution >= 0.6 is 0 Å². The van der Waals surface area contributed by atoms with Crippen LogP contribution in [0.25, 0.3) is 10.9 Å². The number of carbonyl (C=O) groups excluding carboxylic acids is 1. The Morgan fingerprint density at radius 3 is 2.76 bits per heavy atom. The van der Waals surface area contributed by atoms with Crippen LogP contribution in [0.15, 0.2) is 36.4 Å². The molecule has 0 bridgehead atoms. The first-order valence-electron chi connectivity index (χ1n) is 7.64. The van der Waals surface area contributed by atoms with Crippen LogP contribution < -0.4 is 11.1 Å². The van der Waals surface area contributed by atoms with Crippen molar-refractivity contribution < 1.29 is 4.79 Å². The lowest BCUT2D eigenvalue weighted by molar-refractivity contribution is 0.0919. The minimum Gasteiger partial charge on any atom is -0.346 e. The summed E-state index contributed by atoms with van der Waals surface area (Å²) in [6.07, 6.45) is 4.80. The van der Waals surface area contributed by atoms with Crippen molar-refractivity contribution in [2.75, 3.05) is 6.54 Å². The number of hydrogen-bond acceptors (Lipinski definition) is 3. The van der Waals surface area contributed by atoms with Gasteiger partial charge in [0.25, 0.3) is 5.91 Å². The lowest BCUT2D eigenvalue weighted by atomic mass is 9.98. The quantitative estimate of drug-likeness (QED) is 0.905. The number of hydrogen-bond donors (Lipinski definition) is 2. The standard InChI is InChI=1S/C17H21N3O/c18-11-16(12-5-1-2-6-12)20-17(21)15-10-9-13-7-3-4-8-14(13)19-15/h3-4,7-10,12,16H,1-2,5-6,11,18H2,(H,20,21). The maximum atomic E-state index is 12.4. The van der Waals surface area contributed by atoms with Crippen LogP contribution in [-0.2, 0) is 0 Å². The van der Waals surface area contributed by atoms with Gasteiger partial charge in [0.1, 0.15) is 5.69 Å². The molecule has 1 fully saturated rings. The molecule has 0 aliphatic heterocycles. The smallest absolute Gasteiger partial charge is 0.270 e. The van der Waals surface area contributed by atoms with Gasteiger partial charge in [-0.2, -0.15) is 0 Å². The number of pyridine rings is 1. The lowest BCUT2D eigenvalue weighted by Crippen LogP contribution is -2.44. The molecule has 1 aromatic carbocycles. The van der Waals surface area contributed by atoms with Gasteiger partial charge in [-0.1, -0.05) is 37.1 Å². The van der Waals surface area contributed by atoms with Gasteiger partial charge in [-0.3, -0.25) is 4.79 Å². The van der Waals surface area contributed by atoms with Gasteiger partial charge in [-0.05, 0) is 30.9 Å². The number of fused-ring (bicyclic) bond motifs is 1. The number of amides is 1. The molecule has 1 heterocycles. The minimum atomic E-state index is -0.122. The highest BCUT2D eigenvalue weighted by molar-refractivity contribution is 5.95. The van der Waals surface area contributed by atoms with E-state index >= 15 is 0 Å². The summed E-state index contributed by atoms with van der Waals surface area (Å²) in [5.41, 5.74) is 7.14. The summed E-state index contributed by atoms with van der Waals surface area (Å²) < 4.78 is 0. The summed E-state index contributed by atoms with van der Waals surface area (Å²) in [5.74, 6) is 0.391. The fourth-order valence-corrected chi connectivity index (χ4v) is 3.16. The molecular formula is C17H21N3O. The second kappa shape index (κ2) is 6.22. The summed E-state index contributed by atoms with van der Waals surface area (Å²) in [6.45, 7) is 0.490. The Bertz CT molecular complexity index is 635. The fraction of sp³-hybridized carbons (Fsp3) is 0.412. The molecule has 0 spiro atoms. The Hall–Kier alpha value is -1.94. The van der Waals surface area contributed by atoms with E-state index in [0.29, 0.717) is 18.2 Å². The van der Waals surface area contributed by atoms with Crippen LogP contribution in [0, 0.1) is 5.92 Å². The molecule has 1 aliphatic carbocycles. The number of para-hydroxylation sites is 1. The summed E-state index contributed by atoms with van der Waals surface area (Å²) in [6, 6.07) is 11.6. The van der Waals surface area contributed by atoms with Crippen LogP contribution in [0.2, 0.25) is 0 Å². The maximum absolute atomic E-state index is 12.4. The van der Waals surface area contributed by atoms with E-state index in [9.17, 15) is 4.79 Å². The summed E-state index contributed by atoms with van der Waals surface area (Å²) in [7, 11) is 0. The van der Waals surface area contributed by atoms with E-state index in [1.807, 2.05) is 30.3 Å². The van der Waals surface area contributed by atoms with Crippen LogP contribution in [0.5, 0.6) is 0 Å². The summed E-state index contributed by atoms with van der Waals surface area (Å²) in [5, 5.41) is 4.11. The van der Waals surface area contributed by atoms with E-state index in [-0.39, 0.29) is 11.9 Å². The number of aromatic nitrogens is 1. The zero-order chi connectivity index (χ0) is 14.7.